The SMILES string of the molecule is Br.C=CCOC(c1ccc(Cl)cc1)C(Cl)N1C=CN(CCNc2c(Cl)cccc2Cl)C1. The molecule has 4 nitrogen and oxygen atoms in total. The highest BCUT2D eigenvalue weighted by Crippen LogP contribution is 2.31. The maximum Gasteiger partial charge on any atom is 0.135 e. The number of benzene rings is 2. The molecule has 168 valence electrons. The van der Waals surface area contributed by atoms with Gasteiger partial charge in [0.25, 0.3) is 0 Å². The van der Waals surface area contributed by atoms with Crippen LogP contribution in [0.2, 0.25) is 15.1 Å². The van der Waals surface area contributed by atoms with Crippen molar-refractivity contribution >= 4 is 69.1 Å². The first kappa shape index (κ1) is 26.2. The van der Waals surface area contributed by atoms with Crippen LogP contribution in [0.25, 0.3) is 0 Å². The van der Waals surface area contributed by atoms with Crippen molar-refractivity contribution in [3.8, 4) is 0 Å². The van der Waals surface area contributed by atoms with Crippen molar-refractivity contribution in [3.63, 3.8) is 0 Å². The summed E-state index contributed by atoms with van der Waals surface area (Å²) >= 11 is 25.2. The molecule has 1 N–H and O–H groups in total. The lowest BCUT2D eigenvalue weighted by Crippen LogP contribution is -2.36. The molecule has 0 aliphatic carbocycles. The van der Waals surface area contributed by atoms with Crippen molar-refractivity contribution in [3.05, 3.63) is 88.2 Å². The van der Waals surface area contributed by atoms with Crippen molar-refractivity contribution in [2.75, 3.05) is 31.7 Å². The fourth-order valence-corrected chi connectivity index (χ4v) is 4.12. The second-order valence-corrected chi connectivity index (χ2v) is 8.45. The lowest BCUT2D eigenvalue weighted by Gasteiger charge is -2.31. The number of hydrogen-bond donors (Lipinski definition) is 1. The zero-order valence-corrected chi connectivity index (χ0v) is 21.4. The van der Waals surface area contributed by atoms with Gasteiger partial charge < -0.3 is 19.9 Å². The van der Waals surface area contributed by atoms with E-state index < -0.39 is 5.50 Å². The Hall–Kier alpha value is -1.08. The molecule has 0 spiro atoms. The third kappa shape index (κ3) is 7.21. The van der Waals surface area contributed by atoms with Gasteiger partial charge in [-0.1, -0.05) is 70.7 Å². The molecule has 2 unspecified atom stereocenters. The zero-order chi connectivity index (χ0) is 21.5. The van der Waals surface area contributed by atoms with Gasteiger partial charge in [0.15, 0.2) is 0 Å². The molecule has 31 heavy (non-hydrogen) atoms. The molecule has 3 rings (SSSR count). The summed E-state index contributed by atoms with van der Waals surface area (Å²) in [6.07, 6.45) is 5.37. The molecular formula is C22H24BrCl4N3O. The van der Waals surface area contributed by atoms with Gasteiger partial charge in [0.1, 0.15) is 11.6 Å². The number of anilines is 1. The summed E-state index contributed by atoms with van der Waals surface area (Å²) in [6.45, 7) is 6.22. The predicted octanol–water partition coefficient (Wildman–Crippen LogP) is 7.19. The second-order valence-electron chi connectivity index (χ2n) is 6.76. The van der Waals surface area contributed by atoms with Crippen LogP contribution in [0.1, 0.15) is 11.7 Å². The fraction of sp³-hybridized carbons (Fsp3) is 0.273. The van der Waals surface area contributed by atoms with Crippen molar-refractivity contribution in [1.82, 2.24) is 9.80 Å². The van der Waals surface area contributed by atoms with Gasteiger partial charge in [-0.05, 0) is 29.8 Å². The number of alkyl halides is 1. The fourth-order valence-electron chi connectivity index (χ4n) is 3.11. The summed E-state index contributed by atoms with van der Waals surface area (Å²) in [5, 5.41) is 5.17. The van der Waals surface area contributed by atoms with Crippen molar-refractivity contribution < 1.29 is 4.74 Å². The lowest BCUT2D eigenvalue weighted by molar-refractivity contribution is 0.0343. The van der Waals surface area contributed by atoms with E-state index >= 15 is 0 Å². The average Bonchev–Trinajstić information content (AvgIpc) is 3.20. The van der Waals surface area contributed by atoms with E-state index in [9.17, 15) is 0 Å². The first-order valence-corrected chi connectivity index (χ1v) is 11.0. The molecule has 0 saturated carbocycles. The minimum atomic E-state index is -0.390. The number of halogens is 5. The molecule has 2 atom stereocenters. The van der Waals surface area contributed by atoms with Crippen LogP contribution in [0, 0.1) is 0 Å². The maximum atomic E-state index is 6.81. The molecular weight excluding hydrogens is 544 g/mol. The van der Waals surface area contributed by atoms with Crippen LogP contribution in [-0.4, -0.2) is 41.7 Å². The topological polar surface area (TPSA) is 27.7 Å². The Morgan fingerprint density at radius 2 is 1.74 bits per heavy atom. The highest BCUT2D eigenvalue weighted by atomic mass is 79.9. The van der Waals surface area contributed by atoms with E-state index in [1.807, 2.05) is 59.8 Å². The van der Waals surface area contributed by atoms with Gasteiger partial charge in [0.05, 0.1) is 29.0 Å². The van der Waals surface area contributed by atoms with Crippen LogP contribution in [0.4, 0.5) is 5.69 Å². The Labute approximate surface area is 214 Å². The standard InChI is InChI=1S/C22H23Cl4N3O.BrH/c1-2-14-30-21(16-6-8-17(23)9-7-16)22(26)29-13-12-28(15-29)11-10-27-20-18(24)4-3-5-19(20)25;/h2-9,12-13,21-22,27H,1,10-11,14-15H2;1H. The molecule has 0 aromatic heterocycles. The molecule has 1 aliphatic heterocycles. The van der Waals surface area contributed by atoms with E-state index in [-0.39, 0.29) is 23.1 Å². The van der Waals surface area contributed by atoms with Crippen LogP contribution in [0.15, 0.2) is 67.5 Å². The van der Waals surface area contributed by atoms with Crippen molar-refractivity contribution in [1.29, 1.82) is 0 Å². The minimum Gasteiger partial charge on any atom is -0.381 e. The van der Waals surface area contributed by atoms with E-state index in [0.29, 0.717) is 34.9 Å². The van der Waals surface area contributed by atoms with Gasteiger partial charge in [-0.2, -0.15) is 0 Å². The molecule has 0 amide bonds. The first-order valence-electron chi connectivity index (χ1n) is 9.47. The minimum absolute atomic E-state index is 0. The van der Waals surface area contributed by atoms with Crippen LogP contribution >= 0.6 is 63.4 Å². The molecule has 0 bridgehead atoms. The Morgan fingerprint density at radius 1 is 1.06 bits per heavy atom. The summed E-state index contributed by atoms with van der Waals surface area (Å²) < 4.78 is 5.96. The molecule has 2 aromatic rings. The molecule has 0 saturated heterocycles. The highest BCUT2D eigenvalue weighted by molar-refractivity contribution is 8.93. The molecule has 1 heterocycles. The normalized spacial score (nSPS) is 14.8. The average molecular weight is 568 g/mol. The van der Waals surface area contributed by atoms with Gasteiger partial charge in [-0.3, -0.25) is 0 Å². The summed E-state index contributed by atoms with van der Waals surface area (Å²) in [6, 6.07) is 13.0. The van der Waals surface area contributed by atoms with E-state index in [2.05, 4.69) is 16.8 Å². The number of hydrogen-bond acceptors (Lipinski definition) is 4. The number of rotatable bonds is 10. The molecule has 0 radical (unpaired) electrons. The molecule has 2 aromatic carbocycles. The predicted molar refractivity (Wildman–Crippen MR) is 138 cm³/mol. The van der Waals surface area contributed by atoms with Gasteiger partial charge in [-0.25, -0.2) is 0 Å². The van der Waals surface area contributed by atoms with E-state index in [0.717, 1.165) is 17.8 Å². The Kier molecular flexibility index (Phi) is 10.8. The van der Waals surface area contributed by atoms with Crippen LogP contribution < -0.4 is 5.32 Å². The summed E-state index contributed by atoms with van der Waals surface area (Å²) in [7, 11) is 0. The maximum absolute atomic E-state index is 6.81. The largest absolute Gasteiger partial charge is 0.381 e. The third-order valence-electron chi connectivity index (χ3n) is 4.64. The van der Waals surface area contributed by atoms with Gasteiger partial charge in [-0.15, -0.1) is 23.6 Å². The number of ether oxygens (including phenoxy) is 1. The monoisotopic (exact) mass is 565 g/mol. The van der Waals surface area contributed by atoms with Gasteiger partial charge in [0.2, 0.25) is 0 Å². The quantitative estimate of drug-likeness (QED) is 0.187. The number of nitrogens with zero attached hydrogens (tertiary/aromatic N) is 2. The third-order valence-corrected chi connectivity index (χ3v) is 6.00. The number of nitrogens with one attached hydrogen (secondary N) is 1. The highest BCUT2D eigenvalue weighted by Gasteiger charge is 2.29. The van der Waals surface area contributed by atoms with Gasteiger partial charge in [0, 0.05) is 30.5 Å². The molecule has 9 heteroatoms. The number of para-hydroxylation sites is 1. The Balaban J connectivity index is 0.00000341. The zero-order valence-electron chi connectivity index (χ0n) is 16.7. The van der Waals surface area contributed by atoms with Gasteiger partial charge >= 0.3 is 0 Å². The van der Waals surface area contributed by atoms with E-state index in [1.54, 1.807) is 6.08 Å². The van der Waals surface area contributed by atoms with E-state index in [4.69, 9.17) is 51.1 Å². The summed E-state index contributed by atoms with van der Waals surface area (Å²) in [5.41, 5.74) is 1.32. The van der Waals surface area contributed by atoms with Crippen LogP contribution in [0.5, 0.6) is 0 Å². The smallest absolute Gasteiger partial charge is 0.135 e. The summed E-state index contributed by atoms with van der Waals surface area (Å²) in [5.74, 6) is 0. The Morgan fingerprint density at radius 3 is 2.39 bits per heavy atom. The first-order chi connectivity index (χ1) is 14.5. The van der Waals surface area contributed by atoms with Crippen molar-refractivity contribution in [2.45, 2.75) is 11.6 Å². The Bertz CT molecular complexity index is 861. The lowest BCUT2D eigenvalue weighted by atomic mass is 10.1. The summed E-state index contributed by atoms with van der Waals surface area (Å²) in [4.78, 5) is 4.19. The molecule has 1 aliphatic rings. The molecule has 0 fully saturated rings. The van der Waals surface area contributed by atoms with Crippen molar-refractivity contribution in [2.24, 2.45) is 0 Å². The van der Waals surface area contributed by atoms with Crippen LogP contribution in [0.3, 0.4) is 0 Å². The van der Waals surface area contributed by atoms with E-state index in [1.165, 1.54) is 0 Å². The second kappa shape index (κ2) is 12.8. The van der Waals surface area contributed by atoms with Crippen LogP contribution in [-0.2, 0) is 4.74 Å².